The van der Waals surface area contributed by atoms with E-state index in [0.717, 1.165) is 17.5 Å². The predicted octanol–water partition coefficient (Wildman–Crippen LogP) is 1.98. The lowest BCUT2D eigenvalue weighted by molar-refractivity contribution is -0.122. The van der Waals surface area contributed by atoms with E-state index in [1.54, 1.807) is 37.2 Å². The van der Waals surface area contributed by atoms with Gasteiger partial charge in [0.15, 0.2) is 11.5 Å². The SMILES string of the molecule is CCCOCCn1c(=O)c(NC2(C(=O)NC)CC2)nc2ncc(-c3ccc(OC)nc3)cc21. The standard InChI is InChI=1S/C23H28N6O4/c1-4-10-33-11-9-29-17-12-16(15-5-6-18(32-3)25-13-15)14-26-19(17)27-20(21(29)30)28-23(7-8-23)22(31)24-2/h5-6,12-14H,4,7-11H2,1-3H3,(H,24,31)(H,26,27,28). The number of anilines is 1. The van der Waals surface area contributed by atoms with Crippen molar-refractivity contribution in [3.05, 3.63) is 40.9 Å². The van der Waals surface area contributed by atoms with Gasteiger partial charge in [0.25, 0.3) is 5.56 Å². The molecule has 0 radical (unpaired) electrons. The van der Waals surface area contributed by atoms with Crippen LogP contribution in [-0.2, 0) is 16.1 Å². The van der Waals surface area contributed by atoms with Gasteiger partial charge in [-0.15, -0.1) is 0 Å². The van der Waals surface area contributed by atoms with Gasteiger partial charge in [-0.1, -0.05) is 6.92 Å². The number of hydrogen-bond acceptors (Lipinski definition) is 8. The Labute approximate surface area is 191 Å². The van der Waals surface area contributed by atoms with Crippen LogP contribution in [-0.4, -0.2) is 58.3 Å². The number of fused-ring (bicyclic) bond motifs is 1. The van der Waals surface area contributed by atoms with Gasteiger partial charge in [0.1, 0.15) is 5.54 Å². The fourth-order valence-corrected chi connectivity index (χ4v) is 3.66. The molecule has 3 heterocycles. The number of nitrogens with zero attached hydrogens (tertiary/aromatic N) is 4. The van der Waals surface area contributed by atoms with Crippen LogP contribution in [0.4, 0.5) is 5.82 Å². The summed E-state index contributed by atoms with van der Waals surface area (Å²) < 4.78 is 12.4. The minimum Gasteiger partial charge on any atom is -0.481 e. The van der Waals surface area contributed by atoms with Crippen LogP contribution in [0.1, 0.15) is 26.2 Å². The van der Waals surface area contributed by atoms with Crippen LogP contribution in [0.3, 0.4) is 0 Å². The number of amides is 1. The molecular formula is C23H28N6O4. The van der Waals surface area contributed by atoms with Crippen LogP contribution < -0.4 is 20.9 Å². The van der Waals surface area contributed by atoms with E-state index < -0.39 is 5.54 Å². The zero-order valence-electron chi connectivity index (χ0n) is 19.1. The molecule has 0 aromatic carbocycles. The van der Waals surface area contributed by atoms with Crippen LogP contribution >= 0.6 is 0 Å². The Morgan fingerprint density at radius 2 is 1.97 bits per heavy atom. The summed E-state index contributed by atoms with van der Waals surface area (Å²) in [5.74, 6) is 0.474. The first-order valence-corrected chi connectivity index (χ1v) is 11.0. The largest absolute Gasteiger partial charge is 0.481 e. The lowest BCUT2D eigenvalue weighted by atomic mass is 10.1. The summed E-state index contributed by atoms with van der Waals surface area (Å²) in [4.78, 5) is 38.9. The third kappa shape index (κ3) is 4.65. The molecule has 0 aliphatic heterocycles. The fourth-order valence-electron chi connectivity index (χ4n) is 3.66. The Balaban J connectivity index is 1.75. The highest BCUT2D eigenvalue weighted by atomic mass is 16.5. The van der Waals surface area contributed by atoms with Crippen LogP contribution in [0.2, 0.25) is 0 Å². The molecule has 0 bridgehead atoms. The van der Waals surface area contributed by atoms with Crippen molar-refractivity contribution in [2.45, 2.75) is 38.3 Å². The van der Waals surface area contributed by atoms with Crippen molar-refractivity contribution in [2.75, 3.05) is 32.7 Å². The molecule has 174 valence electrons. The lowest BCUT2D eigenvalue weighted by Gasteiger charge is -2.18. The number of ether oxygens (including phenoxy) is 2. The number of carbonyl (C=O) groups excluding carboxylic acids is 1. The molecule has 10 heteroatoms. The molecular weight excluding hydrogens is 424 g/mol. The molecule has 0 saturated heterocycles. The van der Waals surface area contributed by atoms with E-state index in [1.807, 2.05) is 19.1 Å². The fraction of sp³-hybridized carbons (Fsp3) is 0.435. The van der Waals surface area contributed by atoms with Gasteiger partial charge in [0.2, 0.25) is 11.8 Å². The van der Waals surface area contributed by atoms with Crippen molar-refractivity contribution < 1.29 is 14.3 Å². The van der Waals surface area contributed by atoms with Crippen LogP contribution in [0.5, 0.6) is 5.88 Å². The Kier molecular flexibility index (Phi) is 6.55. The normalized spacial score (nSPS) is 14.2. The predicted molar refractivity (Wildman–Crippen MR) is 124 cm³/mol. The Morgan fingerprint density at radius 3 is 2.61 bits per heavy atom. The van der Waals surface area contributed by atoms with Gasteiger partial charge >= 0.3 is 0 Å². The number of methoxy groups -OCH3 is 1. The van der Waals surface area contributed by atoms with E-state index in [2.05, 4.69) is 25.6 Å². The van der Waals surface area contributed by atoms with Crippen molar-refractivity contribution >= 4 is 22.9 Å². The molecule has 1 saturated carbocycles. The van der Waals surface area contributed by atoms with Crippen LogP contribution in [0, 0.1) is 0 Å². The molecule has 1 aliphatic carbocycles. The summed E-state index contributed by atoms with van der Waals surface area (Å²) in [6.45, 7) is 3.36. The molecule has 0 atom stereocenters. The zero-order valence-corrected chi connectivity index (χ0v) is 19.1. The maximum Gasteiger partial charge on any atom is 0.293 e. The molecule has 3 aromatic heterocycles. The van der Waals surface area contributed by atoms with Gasteiger partial charge in [0.05, 0.1) is 19.2 Å². The highest BCUT2D eigenvalue weighted by Gasteiger charge is 2.50. The Morgan fingerprint density at radius 1 is 1.18 bits per heavy atom. The molecule has 1 fully saturated rings. The number of aromatic nitrogens is 4. The minimum absolute atomic E-state index is 0.116. The molecule has 2 N–H and O–H groups in total. The average molecular weight is 453 g/mol. The molecule has 10 nitrogen and oxygen atoms in total. The highest BCUT2D eigenvalue weighted by Crippen LogP contribution is 2.38. The smallest absolute Gasteiger partial charge is 0.293 e. The van der Waals surface area contributed by atoms with Gasteiger partial charge in [-0.2, -0.15) is 0 Å². The average Bonchev–Trinajstić information content (AvgIpc) is 3.63. The quantitative estimate of drug-likeness (QED) is 0.448. The van der Waals surface area contributed by atoms with Crippen molar-refractivity contribution in [1.29, 1.82) is 0 Å². The van der Waals surface area contributed by atoms with E-state index in [-0.39, 0.29) is 17.3 Å². The summed E-state index contributed by atoms with van der Waals surface area (Å²) in [6.07, 6.45) is 5.56. The van der Waals surface area contributed by atoms with Gasteiger partial charge in [-0.25, -0.2) is 15.0 Å². The highest BCUT2D eigenvalue weighted by molar-refractivity contribution is 5.92. The summed E-state index contributed by atoms with van der Waals surface area (Å²) in [5, 5.41) is 5.73. The number of nitrogens with one attached hydrogen (secondary N) is 2. The van der Waals surface area contributed by atoms with Gasteiger partial charge in [-0.3, -0.25) is 14.2 Å². The Hall–Kier alpha value is -3.53. The minimum atomic E-state index is -0.792. The number of pyridine rings is 2. The second-order valence-electron chi connectivity index (χ2n) is 7.97. The summed E-state index contributed by atoms with van der Waals surface area (Å²) in [5.41, 5.74) is 1.52. The summed E-state index contributed by atoms with van der Waals surface area (Å²) in [6, 6.07) is 5.52. The van der Waals surface area contributed by atoms with E-state index in [1.165, 1.54) is 0 Å². The third-order valence-corrected chi connectivity index (χ3v) is 5.66. The van der Waals surface area contributed by atoms with E-state index in [9.17, 15) is 9.59 Å². The number of carbonyl (C=O) groups is 1. The first kappa shape index (κ1) is 22.7. The number of rotatable bonds is 10. The van der Waals surface area contributed by atoms with Gasteiger partial charge in [0, 0.05) is 49.8 Å². The third-order valence-electron chi connectivity index (χ3n) is 5.66. The maximum absolute atomic E-state index is 13.4. The van der Waals surface area contributed by atoms with E-state index in [4.69, 9.17) is 9.47 Å². The monoisotopic (exact) mass is 452 g/mol. The van der Waals surface area contributed by atoms with Crippen molar-refractivity contribution in [3.8, 4) is 17.0 Å². The van der Waals surface area contributed by atoms with Crippen molar-refractivity contribution in [3.63, 3.8) is 0 Å². The molecule has 1 aliphatic rings. The molecule has 3 aromatic rings. The second-order valence-corrected chi connectivity index (χ2v) is 7.97. The first-order chi connectivity index (χ1) is 16.0. The maximum atomic E-state index is 13.4. The molecule has 33 heavy (non-hydrogen) atoms. The van der Waals surface area contributed by atoms with Crippen molar-refractivity contribution in [1.82, 2.24) is 24.8 Å². The summed E-state index contributed by atoms with van der Waals surface area (Å²) >= 11 is 0. The summed E-state index contributed by atoms with van der Waals surface area (Å²) in [7, 11) is 3.14. The molecule has 1 amide bonds. The van der Waals surface area contributed by atoms with Gasteiger partial charge < -0.3 is 20.1 Å². The van der Waals surface area contributed by atoms with Crippen LogP contribution in [0.25, 0.3) is 22.3 Å². The second kappa shape index (κ2) is 9.53. The molecule has 4 rings (SSSR count). The van der Waals surface area contributed by atoms with Gasteiger partial charge in [-0.05, 0) is 31.4 Å². The molecule has 0 unspecified atom stereocenters. The number of hydrogen-bond donors (Lipinski definition) is 2. The number of likely N-dealkylation sites (N-methyl/N-ethyl adjacent to an activating group) is 1. The Bertz CT molecular complexity index is 1200. The van der Waals surface area contributed by atoms with Crippen molar-refractivity contribution in [2.24, 2.45) is 0 Å². The topological polar surface area (TPSA) is 120 Å². The van der Waals surface area contributed by atoms with E-state index >= 15 is 0 Å². The molecule has 0 spiro atoms. The zero-order chi connectivity index (χ0) is 23.4. The lowest BCUT2D eigenvalue weighted by Crippen LogP contribution is -2.42. The van der Waals surface area contributed by atoms with Crippen LogP contribution in [0.15, 0.2) is 35.4 Å². The first-order valence-electron chi connectivity index (χ1n) is 11.0. The van der Waals surface area contributed by atoms with E-state index in [0.29, 0.717) is 49.6 Å².